The van der Waals surface area contributed by atoms with E-state index in [0.29, 0.717) is 0 Å². The molecule has 0 saturated heterocycles. The van der Waals surface area contributed by atoms with Crippen molar-refractivity contribution in [2.75, 3.05) is 9.80 Å². The summed E-state index contributed by atoms with van der Waals surface area (Å²) in [7, 11) is 0. The van der Waals surface area contributed by atoms with Crippen molar-refractivity contribution in [3.63, 3.8) is 0 Å². The first-order valence-corrected chi connectivity index (χ1v) is 30.9. The molecule has 6 heteroatoms. The van der Waals surface area contributed by atoms with Crippen molar-refractivity contribution in [3.05, 3.63) is 229 Å². The fourth-order valence-electron chi connectivity index (χ4n) is 13.5. The zero-order chi connectivity index (χ0) is 60.5. The van der Waals surface area contributed by atoms with Gasteiger partial charge in [0.25, 0.3) is 0 Å². The Balaban J connectivity index is 0.842. The number of hydrogen-bond donors (Lipinski definition) is 0. The van der Waals surface area contributed by atoms with Crippen LogP contribution in [0.25, 0.3) is 120 Å². The number of rotatable bonds is 6. The zero-order valence-corrected chi connectivity index (χ0v) is 52.2. The summed E-state index contributed by atoms with van der Waals surface area (Å²) in [6.07, 6.45) is 0. The number of fused-ring (bicyclic) bond motifs is 19. The van der Waals surface area contributed by atoms with Gasteiger partial charge in [-0.1, -0.05) is 156 Å². The summed E-state index contributed by atoms with van der Waals surface area (Å²) in [6.45, 7) is 27.6. The Morgan fingerprint density at radius 3 is 0.739 bits per heavy atom. The highest BCUT2D eigenvalue weighted by atomic mass is 16.3. The van der Waals surface area contributed by atoms with Gasteiger partial charge in [0.2, 0.25) is 0 Å². The number of hydrogen-bond acceptors (Lipinski definition) is 6. The van der Waals surface area contributed by atoms with E-state index in [1.807, 2.05) is 0 Å². The molecule has 12 aromatic carbocycles. The lowest BCUT2D eigenvalue weighted by molar-refractivity contribution is 0.568. The number of anilines is 6. The summed E-state index contributed by atoms with van der Waals surface area (Å²) in [5.41, 5.74) is 17.6. The molecule has 0 N–H and O–H groups in total. The van der Waals surface area contributed by atoms with E-state index in [0.717, 1.165) is 154 Å². The molecule has 0 aliphatic rings. The average molecular weight is 1150 g/mol. The second-order valence-corrected chi connectivity index (χ2v) is 28.6. The summed E-state index contributed by atoms with van der Waals surface area (Å²) in [4.78, 5) is 4.74. The first-order valence-electron chi connectivity index (χ1n) is 30.9. The van der Waals surface area contributed by atoms with Crippen molar-refractivity contribution in [1.29, 1.82) is 0 Å². The highest BCUT2D eigenvalue weighted by Crippen LogP contribution is 2.49. The van der Waals surface area contributed by atoms with Crippen molar-refractivity contribution in [2.24, 2.45) is 0 Å². The fraction of sp³-hybridized carbons (Fsp3) is 0.195. The fourth-order valence-corrected chi connectivity index (χ4v) is 13.5. The molecule has 0 radical (unpaired) electrons. The quantitative estimate of drug-likeness (QED) is 0.165. The molecule has 0 fully saturated rings. The smallest absolute Gasteiger partial charge is 0.143 e. The van der Waals surface area contributed by atoms with Crippen LogP contribution in [-0.2, 0) is 21.7 Å². The lowest BCUT2D eigenvalue weighted by atomic mass is 9.80. The summed E-state index contributed by atoms with van der Waals surface area (Å²) in [5, 5.41) is 15.1. The minimum absolute atomic E-state index is 0.0961. The highest BCUT2D eigenvalue weighted by molar-refractivity contribution is 6.23. The molecule has 0 atom stereocenters. The van der Waals surface area contributed by atoms with Crippen LogP contribution in [0.1, 0.15) is 105 Å². The van der Waals surface area contributed by atoms with Crippen LogP contribution in [0.5, 0.6) is 0 Å². The molecule has 0 aliphatic heterocycles. The van der Waals surface area contributed by atoms with E-state index in [4.69, 9.17) is 17.7 Å². The van der Waals surface area contributed by atoms with Crippen molar-refractivity contribution in [2.45, 2.75) is 105 Å². The Bertz CT molecular complexity index is 5170. The van der Waals surface area contributed by atoms with Crippen LogP contribution >= 0.6 is 0 Å². The lowest BCUT2D eigenvalue weighted by Crippen LogP contribution is -2.19. The molecular weight excluding hydrogens is 1080 g/mol. The van der Waals surface area contributed by atoms with Crippen LogP contribution in [0.4, 0.5) is 34.1 Å². The van der Waals surface area contributed by atoms with Crippen molar-refractivity contribution in [3.8, 4) is 0 Å². The van der Waals surface area contributed by atoms with Gasteiger partial charge < -0.3 is 27.5 Å². The third kappa shape index (κ3) is 8.58. The normalized spacial score (nSPS) is 13.0. The molecule has 0 spiro atoms. The van der Waals surface area contributed by atoms with Gasteiger partial charge in [-0.3, -0.25) is 0 Å². The SMILES string of the molecule is CC(C)(C)c1cc(N(c2ccc3c(c2)oc2c4ccccc4ccc32)c2ccc3c(c2)oc2c3ccc3c2ccc2c4ccc(N(c5cc(C(C)(C)C)cc(C(C)(C)C)c5)c5ccc6c(c5)oc5c7ccccc7ccc65)cc4oc23)cc(C(C)(C)C)c1. The Labute approximate surface area is 512 Å². The van der Waals surface area contributed by atoms with Gasteiger partial charge in [0, 0.05) is 123 Å². The van der Waals surface area contributed by atoms with Gasteiger partial charge in [0.05, 0.1) is 0 Å². The summed E-state index contributed by atoms with van der Waals surface area (Å²) in [5.74, 6) is 0. The standard InChI is InChI=1S/C82H70N2O4/c1-79(2,3)49-37-50(80(4,5)6)40-57(39-49)83(53-23-29-61-65-27-21-47-17-13-15-19-59(47)75(65)85-71(61)43-53)55-25-31-63-67-33-35-70-69(77(67)87-73(63)45-55)36-34-68-64-32-26-56(46-74(64)88-78(68)70)84(58-41-51(81(7,8)9)38-52(42-58)82(10,11)12)54-24-30-62-66-28-22-48-18-14-16-20-60(48)76(66)86-72(62)44-54/h13-46H,1-12H3. The second kappa shape index (κ2) is 18.9. The van der Waals surface area contributed by atoms with Gasteiger partial charge in [0.15, 0.2) is 0 Å². The number of nitrogens with zero attached hydrogens (tertiary/aromatic N) is 2. The van der Waals surface area contributed by atoms with E-state index < -0.39 is 0 Å². The van der Waals surface area contributed by atoms with Gasteiger partial charge in [-0.25, -0.2) is 0 Å². The summed E-state index contributed by atoms with van der Waals surface area (Å²) >= 11 is 0. The maximum Gasteiger partial charge on any atom is 0.143 e. The van der Waals surface area contributed by atoms with Gasteiger partial charge >= 0.3 is 0 Å². The zero-order valence-electron chi connectivity index (χ0n) is 52.2. The van der Waals surface area contributed by atoms with E-state index >= 15 is 0 Å². The van der Waals surface area contributed by atoms with Crippen LogP contribution in [0.2, 0.25) is 0 Å². The van der Waals surface area contributed by atoms with Crippen LogP contribution in [0.3, 0.4) is 0 Å². The predicted molar refractivity (Wildman–Crippen MR) is 372 cm³/mol. The average Bonchev–Trinajstić information content (AvgIpc) is 3.52. The Hall–Kier alpha value is -9.78. The van der Waals surface area contributed by atoms with Crippen LogP contribution < -0.4 is 9.80 Å². The molecule has 16 rings (SSSR count). The van der Waals surface area contributed by atoms with E-state index in [2.05, 4.69) is 299 Å². The van der Waals surface area contributed by atoms with Crippen molar-refractivity contribution >= 4 is 154 Å². The van der Waals surface area contributed by atoms with E-state index in [1.54, 1.807) is 0 Å². The molecule has 6 nitrogen and oxygen atoms in total. The molecule has 0 amide bonds. The second-order valence-electron chi connectivity index (χ2n) is 28.6. The van der Waals surface area contributed by atoms with Crippen molar-refractivity contribution < 1.29 is 17.7 Å². The first kappa shape index (κ1) is 53.7. The monoisotopic (exact) mass is 1150 g/mol. The summed E-state index contributed by atoms with van der Waals surface area (Å²) in [6, 6.07) is 75.4. The van der Waals surface area contributed by atoms with Crippen LogP contribution in [-0.4, -0.2) is 0 Å². The Kier molecular flexibility index (Phi) is 11.5. The van der Waals surface area contributed by atoms with E-state index in [1.165, 1.54) is 22.3 Å². The third-order valence-corrected chi connectivity index (χ3v) is 18.6. The molecule has 0 aliphatic carbocycles. The molecule has 4 aromatic heterocycles. The molecular formula is C82H70N2O4. The van der Waals surface area contributed by atoms with Crippen molar-refractivity contribution in [1.82, 2.24) is 0 Å². The maximum absolute atomic E-state index is 7.14. The van der Waals surface area contributed by atoms with Gasteiger partial charge in [0.1, 0.15) is 44.7 Å². The summed E-state index contributed by atoms with van der Waals surface area (Å²) < 4.78 is 28.0. The molecule has 88 heavy (non-hydrogen) atoms. The molecule has 0 saturated carbocycles. The minimum atomic E-state index is -0.0961. The largest absolute Gasteiger partial charge is 0.455 e. The third-order valence-electron chi connectivity index (χ3n) is 18.6. The van der Waals surface area contributed by atoms with E-state index in [-0.39, 0.29) is 21.7 Å². The maximum atomic E-state index is 7.14. The predicted octanol–water partition coefficient (Wildman–Crippen LogP) is 24.9. The number of benzene rings is 12. The topological polar surface area (TPSA) is 59.0 Å². The molecule has 0 bridgehead atoms. The Morgan fingerprint density at radius 1 is 0.216 bits per heavy atom. The first-order chi connectivity index (χ1) is 42.1. The van der Waals surface area contributed by atoms with Gasteiger partial charge in [-0.05, 0) is 164 Å². The molecule has 0 unspecified atom stereocenters. The van der Waals surface area contributed by atoms with Gasteiger partial charge in [-0.15, -0.1) is 0 Å². The Morgan fingerprint density at radius 2 is 0.455 bits per heavy atom. The molecule has 432 valence electrons. The van der Waals surface area contributed by atoms with Crippen LogP contribution in [0, 0.1) is 0 Å². The number of furan rings is 4. The van der Waals surface area contributed by atoms with E-state index in [9.17, 15) is 0 Å². The van der Waals surface area contributed by atoms with Crippen LogP contribution in [0.15, 0.2) is 224 Å². The molecule has 16 aromatic rings. The highest BCUT2D eigenvalue weighted by Gasteiger charge is 2.28. The molecule has 4 heterocycles. The van der Waals surface area contributed by atoms with Gasteiger partial charge in [-0.2, -0.15) is 0 Å². The lowest BCUT2D eigenvalue weighted by Gasteiger charge is -2.31. The minimum Gasteiger partial charge on any atom is -0.455 e.